The fourth-order valence-electron chi connectivity index (χ4n) is 4.14. The maximum Gasteiger partial charge on any atom is 0.270 e. The summed E-state index contributed by atoms with van der Waals surface area (Å²) in [5.74, 6) is -5.18. The first kappa shape index (κ1) is 21.2. The molecular weight excluding hydrogens is 446 g/mol. The van der Waals surface area contributed by atoms with Crippen LogP contribution in [0.15, 0.2) is 35.1 Å². The van der Waals surface area contributed by atoms with Gasteiger partial charge >= 0.3 is 0 Å². The molecule has 0 spiro atoms. The van der Waals surface area contributed by atoms with E-state index in [4.69, 9.17) is 4.74 Å². The maximum atomic E-state index is 14.1. The minimum atomic E-state index is -1.55. The molecule has 4 aromatic rings. The Labute approximate surface area is 182 Å². The smallest absolute Gasteiger partial charge is 0.270 e. The summed E-state index contributed by atoms with van der Waals surface area (Å²) in [6.07, 6.45) is -1.55. The van der Waals surface area contributed by atoms with Crippen molar-refractivity contribution in [2.24, 2.45) is 0 Å². The van der Waals surface area contributed by atoms with Crippen molar-refractivity contribution in [3.63, 3.8) is 0 Å². The third kappa shape index (κ3) is 3.28. The van der Waals surface area contributed by atoms with Crippen LogP contribution in [0.1, 0.15) is 34.1 Å². The minimum Gasteiger partial charge on any atom is -0.363 e. The highest BCUT2D eigenvalue weighted by molar-refractivity contribution is 5.98. The van der Waals surface area contributed by atoms with Crippen LogP contribution in [0.4, 0.5) is 17.6 Å². The molecule has 170 valence electrons. The maximum absolute atomic E-state index is 14.1. The van der Waals surface area contributed by atoms with Gasteiger partial charge in [0.1, 0.15) is 5.69 Å². The number of aliphatic hydroxyl groups excluding tert-OH is 1. The summed E-state index contributed by atoms with van der Waals surface area (Å²) in [5.41, 5.74) is -0.453. The first-order valence-electron chi connectivity index (χ1n) is 9.75. The quantitative estimate of drug-likeness (QED) is 0.399. The Morgan fingerprint density at radius 3 is 2.36 bits per heavy atom. The number of halogens is 4. The van der Waals surface area contributed by atoms with Gasteiger partial charge in [-0.1, -0.05) is 0 Å². The molecule has 3 heterocycles. The zero-order chi connectivity index (χ0) is 23.6. The van der Waals surface area contributed by atoms with Gasteiger partial charge in [-0.05, 0) is 29.7 Å². The van der Waals surface area contributed by atoms with Crippen molar-refractivity contribution in [3.05, 3.63) is 80.9 Å². The molecule has 1 amide bonds. The zero-order valence-corrected chi connectivity index (χ0v) is 16.9. The number of nitrogens with zero attached hydrogens (tertiary/aromatic N) is 1. The van der Waals surface area contributed by atoms with Crippen LogP contribution in [-0.4, -0.2) is 39.5 Å². The van der Waals surface area contributed by atoms with Crippen LogP contribution in [0, 0.1) is 23.3 Å². The number of nitrogens with one attached hydrogen (secondary N) is 2. The summed E-state index contributed by atoms with van der Waals surface area (Å²) in [4.78, 5) is 31.9. The molecule has 2 unspecified atom stereocenters. The molecule has 0 fully saturated rings. The van der Waals surface area contributed by atoms with Gasteiger partial charge in [-0.15, -0.1) is 0 Å². The summed E-state index contributed by atoms with van der Waals surface area (Å²) >= 11 is 0. The second kappa shape index (κ2) is 7.42. The number of ether oxygens (including phenoxy) is 1. The van der Waals surface area contributed by atoms with E-state index < -0.39 is 47.1 Å². The Bertz CT molecular complexity index is 1470. The predicted octanol–water partition coefficient (Wildman–Crippen LogP) is 3.40. The van der Waals surface area contributed by atoms with Gasteiger partial charge in [-0.25, -0.2) is 17.6 Å². The summed E-state index contributed by atoms with van der Waals surface area (Å²) in [6, 6.07) is 3.87. The number of fused-ring (bicyclic) bond motifs is 4. The van der Waals surface area contributed by atoms with Crippen LogP contribution in [0.25, 0.3) is 21.7 Å². The van der Waals surface area contributed by atoms with Gasteiger partial charge in [0, 0.05) is 29.6 Å². The first-order chi connectivity index (χ1) is 15.7. The van der Waals surface area contributed by atoms with Crippen LogP contribution in [0.2, 0.25) is 0 Å². The summed E-state index contributed by atoms with van der Waals surface area (Å²) in [7, 11) is 1.40. The Balaban J connectivity index is 1.63. The molecule has 1 aliphatic heterocycles. The molecule has 11 heteroatoms. The van der Waals surface area contributed by atoms with E-state index in [0.717, 1.165) is 24.3 Å². The molecule has 2 aromatic carbocycles. The zero-order valence-electron chi connectivity index (χ0n) is 16.9. The van der Waals surface area contributed by atoms with Gasteiger partial charge < -0.3 is 24.7 Å². The Morgan fingerprint density at radius 2 is 1.64 bits per heavy atom. The number of hydrogen-bond acceptors (Lipinski definition) is 4. The van der Waals surface area contributed by atoms with Crippen LogP contribution >= 0.6 is 0 Å². The van der Waals surface area contributed by atoms with Crippen LogP contribution in [-0.2, 0) is 4.74 Å². The number of aromatic nitrogens is 2. The number of carbonyl (C=O) groups excluding carboxylic acids is 1. The molecule has 3 N–H and O–H groups in total. The molecule has 7 nitrogen and oxygen atoms in total. The number of pyridine rings is 1. The molecule has 0 aliphatic carbocycles. The molecule has 2 atom stereocenters. The Hall–Kier alpha value is -3.70. The van der Waals surface area contributed by atoms with Crippen molar-refractivity contribution in [2.45, 2.75) is 12.3 Å². The Morgan fingerprint density at radius 1 is 1.00 bits per heavy atom. The van der Waals surface area contributed by atoms with Crippen molar-refractivity contribution < 1.29 is 32.2 Å². The van der Waals surface area contributed by atoms with Gasteiger partial charge in [0.15, 0.2) is 29.6 Å². The fourth-order valence-corrected chi connectivity index (χ4v) is 4.14. The Kier molecular flexibility index (Phi) is 4.76. The summed E-state index contributed by atoms with van der Waals surface area (Å²) < 4.78 is 60.2. The van der Waals surface area contributed by atoms with Gasteiger partial charge in [0.2, 0.25) is 0 Å². The van der Waals surface area contributed by atoms with Crippen LogP contribution < -0.4 is 5.56 Å². The van der Waals surface area contributed by atoms with E-state index in [1.807, 2.05) is 0 Å². The molecule has 0 saturated heterocycles. The average Bonchev–Trinajstić information content (AvgIpc) is 3.18. The van der Waals surface area contributed by atoms with E-state index in [1.165, 1.54) is 18.0 Å². The topological polar surface area (TPSA) is 98.4 Å². The molecule has 5 rings (SSSR count). The van der Waals surface area contributed by atoms with Crippen molar-refractivity contribution >= 4 is 27.6 Å². The lowest BCUT2D eigenvalue weighted by Gasteiger charge is -2.35. The van der Waals surface area contributed by atoms with E-state index in [9.17, 15) is 32.3 Å². The van der Waals surface area contributed by atoms with Crippen molar-refractivity contribution in [3.8, 4) is 0 Å². The number of likely N-dealkylation sites (N-methyl/N-ethyl adjacent to an activating group) is 1. The van der Waals surface area contributed by atoms with Crippen molar-refractivity contribution in [1.82, 2.24) is 14.9 Å². The molecular formula is C22H15F4N3O4. The average molecular weight is 461 g/mol. The number of carbonyl (C=O) groups is 1. The summed E-state index contributed by atoms with van der Waals surface area (Å²) in [6.45, 7) is -0.222. The standard InChI is InChI=1S/C22H15F4N3O4/c1-29(21(31)16-3-8-2-11(23)14(26)6-15(8)27-16)17-7-33-22(32)19-18(17)9-4-12(24)13(25)5-10(9)20(30)28-19/h2-6,17,22,27,32H,7H2,1H3,(H,28,30). The van der Waals surface area contributed by atoms with Gasteiger partial charge in [0.25, 0.3) is 11.5 Å². The third-order valence-corrected chi connectivity index (χ3v) is 5.81. The van der Waals surface area contributed by atoms with Crippen molar-refractivity contribution in [2.75, 3.05) is 13.7 Å². The summed E-state index contributed by atoms with van der Waals surface area (Å²) in [5, 5.41) is 10.4. The molecule has 2 aromatic heterocycles. The number of benzene rings is 2. The fraction of sp³-hybridized carbons (Fsp3) is 0.182. The normalized spacial score (nSPS) is 18.0. The molecule has 0 saturated carbocycles. The second-order valence-electron chi connectivity index (χ2n) is 7.75. The number of rotatable bonds is 2. The van der Waals surface area contributed by atoms with E-state index >= 15 is 0 Å². The van der Waals surface area contributed by atoms with E-state index in [2.05, 4.69) is 9.97 Å². The van der Waals surface area contributed by atoms with Gasteiger partial charge in [-0.2, -0.15) is 0 Å². The molecule has 0 bridgehead atoms. The van der Waals surface area contributed by atoms with Crippen molar-refractivity contribution in [1.29, 1.82) is 0 Å². The number of hydrogen-bond donors (Lipinski definition) is 3. The lowest BCUT2D eigenvalue weighted by atomic mass is 9.94. The van der Waals surface area contributed by atoms with Gasteiger partial charge in [0.05, 0.1) is 23.7 Å². The highest BCUT2D eigenvalue weighted by Gasteiger charge is 2.35. The van der Waals surface area contributed by atoms with Gasteiger partial charge in [-0.3, -0.25) is 9.59 Å². The van der Waals surface area contributed by atoms with E-state index in [-0.39, 0.29) is 45.2 Å². The number of amides is 1. The largest absolute Gasteiger partial charge is 0.363 e. The number of aromatic amines is 2. The van der Waals surface area contributed by atoms with Crippen LogP contribution in [0.3, 0.4) is 0 Å². The lowest BCUT2D eigenvalue weighted by Crippen LogP contribution is -2.39. The van der Waals surface area contributed by atoms with E-state index in [1.54, 1.807) is 0 Å². The molecule has 1 aliphatic rings. The lowest BCUT2D eigenvalue weighted by molar-refractivity contribution is -0.129. The monoisotopic (exact) mass is 461 g/mol. The molecule has 0 radical (unpaired) electrons. The highest BCUT2D eigenvalue weighted by atomic mass is 19.2. The minimum absolute atomic E-state index is 0.0103. The third-order valence-electron chi connectivity index (χ3n) is 5.81. The second-order valence-corrected chi connectivity index (χ2v) is 7.75. The number of H-pyrrole nitrogens is 2. The van der Waals surface area contributed by atoms with Crippen LogP contribution in [0.5, 0.6) is 0 Å². The number of aliphatic hydroxyl groups is 1. The molecule has 33 heavy (non-hydrogen) atoms. The highest BCUT2D eigenvalue weighted by Crippen LogP contribution is 2.37. The van der Waals surface area contributed by atoms with E-state index in [0.29, 0.717) is 0 Å². The SMILES string of the molecule is CN(C(=O)c1cc2cc(F)c(F)cc2[nH]1)C1COC(O)c2[nH]c(=O)c3cc(F)c(F)cc3c21. The first-order valence-corrected chi connectivity index (χ1v) is 9.75. The predicted molar refractivity (Wildman–Crippen MR) is 108 cm³/mol.